The molecule has 0 aliphatic rings. The van der Waals surface area contributed by atoms with Crippen LogP contribution in [-0.2, 0) is 11.3 Å². The second-order valence-corrected chi connectivity index (χ2v) is 5.13. The first-order valence-corrected chi connectivity index (χ1v) is 6.63. The van der Waals surface area contributed by atoms with Gasteiger partial charge in [-0.25, -0.2) is 4.39 Å². The average molecular weight is 301 g/mol. The van der Waals surface area contributed by atoms with E-state index >= 15 is 0 Å². The number of thiazole rings is 1. The third-order valence-electron chi connectivity index (χ3n) is 2.48. The minimum Gasteiger partial charge on any atom is -0.324 e. The molecule has 0 saturated carbocycles. The highest BCUT2D eigenvalue weighted by atomic mass is 35.5. The number of benzene rings is 1. The third kappa shape index (κ3) is 3.21. The maximum Gasteiger partial charge on any atom is 0.307 e. The molecular weight excluding hydrogens is 291 g/mol. The first kappa shape index (κ1) is 13.8. The Kier molecular flexibility index (Phi) is 4.01. The van der Waals surface area contributed by atoms with E-state index in [1.54, 1.807) is 12.3 Å². The normalized spacial score (nSPS) is 10.5. The van der Waals surface area contributed by atoms with Gasteiger partial charge in [-0.2, -0.15) is 0 Å². The zero-order valence-electron chi connectivity index (χ0n) is 9.94. The van der Waals surface area contributed by atoms with Crippen LogP contribution < -0.4 is 10.2 Å². The van der Waals surface area contributed by atoms with Gasteiger partial charge in [0.05, 0.1) is 5.02 Å². The van der Waals surface area contributed by atoms with Gasteiger partial charge in [-0.15, -0.1) is 0 Å². The quantitative estimate of drug-likeness (QED) is 0.947. The summed E-state index contributed by atoms with van der Waals surface area (Å²) in [7, 11) is 0. The summed E-state index contributed by atoms with van der Waals surface area (Å²) in [5.41, 5.74) is 1.11. The second-order valence-electron chi connectivity index (χ2n) is 3.91. The molecule has 0 bridgehead atoms. The standard InChI is InChI=1S/C12H10ClFN2O2S/c1-7-6-19-12(18)16(7)5-11(17)15-8-2-3-10(14)9(13)4-8/h2-4,6H,5H2,1H3,(H,15,17). The molecule has 0 saturated heterocycles. The number of carbonyl (C=O) groups excluding carboxylic acids is 1. The Morgan fingerprint density at radius 2 is 2.26 bits per heavy atom. The highest BCUT2D eigenvalue weighted by Gasteiger charge is 2.09. The molecule has 2 rings (SSSR count). The van der Waals surface area contributed by atoms with Crippen molar-refractivity contribution in [3.8, 4) is 0 Å². The van der Waals surface area contributed by atoms with Crippen molar-refractivity contribution in [3.63, 3.8) is 0 Å². The highest BCUT2D eigenvalue weighted by molar-refractivity contribution is 7.07. The lowest BCUT2D eigenvalue weighted by atomic mass is 10.3. The molecule has 1 heterocycles. The predicted molar refractivity (Wildman–Crippen MR) is 73.4 cm³/mol. The van der Waals surface area contributed by atoms with Gasteiger partial charge in [-0.05, 0) is 25.1 Å². The van der Waals surface area contributed by atoms with Crippen molar-refractivity contribution in [1.82, 2.24) is 4.57 Å². The van der Waals surface area contributed by atoms with Gasteiger partial charge < -0.3 is 5.32 Å². The molecule has 0 aliphatic carbocycles. The van der Waals surface area contributed by atoms with Crippen LogP contribution in [0.5, 0.6) is 0 Å². The number of anilines is 1. The number of nitrogens with zero attached hydrogens (tertiary/aromatic N) is 1. The summed E-state index contributed by atoms with van der Waals surface area (Å²) < 4.78 is 14.3. The predicted octanol–water partition coefficient (Wildman–Crippen LogP) is 2.65. The Hall–Kier alpha value is -1.66. The number of nitrogens with one attached hydrogen (secondary N) is 1. The first-order valence-electron chi connectivity index (χ1n) is 5.37. The Morgan fingerprint density at radius 1 is 1.53 bits per heavy atom. The Balaban J connectivity index is 2.09. The minimum absolute atomic E-state index is 0.0679. The zero-order valence-corrected chi connectivity index (χ0v) is 11.5. The molecule has 7 heteroatoms. The number of rotatable bonds is 3. The lowest BCUT2D eigenvalue weighted by Gasteiger charge is -2.07. The Bertz CT molecular complexity index is 681. The van der Waals surface area contributed by atoms with Crippen molar-refractivity contribution < 1.29 is 9.18 Å². The van der Waals surface area contributed by atoms with E-state index in [-0.39, 0.29) is 22.3 Å². The lowest BCUT2D eigenvalue weighted by Crippen LogP contribution is -2.25. The number of hydrogen-bond acceptors (Lipinski definition) is 3. The van der Waals surface area contributed by atoms with E-state index in [1.807, 2.05) is 0 Å². The summed E-state index contributed by atoms with van der Waals surface area (Å²) in [6, 6.07) is 3.89. The van der Waals surface area contributed by atoms with Crippen LogP contribution in [0, 0.1) is 12.7 Å². The van der Waals surface area contributed by atoms with Gasteiger partial charge in [-0.1, -0.05) is 22.9 Å². The molecule has 19 heavy (non-hydrogen) atoms. The Labute approximate surface area is 117 Å². The van der Waals surface area contributed by atoms with Crippen LogP contribution in [0.3, 0.4) is 0 Å². The van der Waals surface area contributed by atoms with E-state index in [0.717, 1.165) is 17.0 Å². The van der Waals surface area contributed by atoms with E-state index in [1.165, 1.54) is 22.8 Å². The molecule has 2 aromatic rings. The fourth-order valence-electron chi connectivity index (χ4n) is 1.51. The molecule has 1 N–H and O–H groups in total. The van der Waals surface area contributed by atoms with Gasteiger partial charge in [0.25, 0.3) is 0 Å². The first-order chi connectivity index (χ1) is 8.97. The van der Waals surface area contributed by atoms with Crippen molar-refractivity contribution in [2.45, 2.75) is 13.5 Å². The van der Waals surface area contributed by atoms with E-state index in [0.29, 0.717) is 5.69 Å². The fourth-order valence-corrected chi connectivity index (χ4v) is 2.43. The third-order valence-corrected chi connectivity index (χ3v) is 3.65. The molecule has 0 unspecified atom stereocenters. The molecule has 0 aliphatic heterocycles. The number of hydrogen-bond donors (Lipinski definition) is 1. The van der Waals surface area contributed by atoms with Gasteiger partial charge in [-0.3, -0.25) is 14.2 Å². The summed E-state index contributed by atoms with van der Waals surface area (Å²) in [5, 5.41) is 4.17. The molecule has 0 radical (unpaired) electrons. The van der Waals surface area contributed by atoms with E-state index in [9.17, 15) is 14.0 Å². The van der Waals surface area contributed by atoms with Crippen molar-refractivity contribution in [3.05, 3.63) is 49.8 Å². The molecular formula is C12H10ClFN2O2S. The summed E-state index contributed by atoms with van der Waals surface area (Å²) in [5.74, 6) is -0.921. The summed E-state index contributed by atoms with van der Waals surface area (Å²) in [4.78, 5) is 23.0. The summed E-state index contributed by atoms with van der Waals surface area (Å²) in [6.45, 7) is 1.67. The van der Waals surface area contributed by atoms with Crippen molar-refractivity contribution in [2.24, 2.45) is 0 Å². The van der Waals surface area contributed by atoms with Crippen LogP contribution in [0.1, 0.15) is 5.69 Å². The molecule has 0 spiro atoms. The zero-order chi connectivity index (χ0) is 14.0. The number of aryl methyl sites for hydroxylation is 1. The summed E-state index contributed by atoms with van der Waals surface area (Å²) >= 11 is 6.65. The molecule has 4 nitrogen and oxygen atoms in total. The number of halogens is 2. The topological polar surface area (TPSA) is 51.1 Å². The SMILES string of the molecule is Cc1csc(=O)n1CC(=O)Nc1ccc(F)c(Cl)c1. The molecule has 100 valence electrons. The van der Waals surface area contributed by atoms with E-state index < -0.39 is 5.82 Å². The van der Waals surface area contributed by atoms with Crippen molar-refractivity contribution in [1.29, 1.82) is 0 Å². The smallest absolute Gasteiger partial charge is 0.307 e. The molecule has 1 aromatic carbocycles. The van der Waals surface area contributed by atoms with Crippen LogP contribution in [-0.4, -0.2) is 10.5 Å². The monoisotopic (exact) mass is 300 g/mol. The second kappa shape index (κ2) is 5.54. The van der Waals surface area contributed by atoms with Crippen LogP contribution in [0.2, 0.25) is 5.02 Å². The number of amides is 1. The van der Waals surface area contributed by atoms with Gasteiger partial charge in [0, 0.05) is 16.8 Å². The maximum atomic E-state index is 13.0. The van der Waals surface area contributed by atoms with Crippen LogP contribution in [0.4, 0.5) is 10.1 Å². The molecule has 0 fully saturated rings. The fraction of sp³-hybridized carbons (Fsp3) is 0.167. The maximum absolute atomic E-state index is 13.0. The van der Waals surface area contributed by atoms with Gasteiger partial charge >= 0.3 is 4.87 Å². The highest BCUT2D eigenvalue weighted by Crippen LogP contribution is 2.19. The van der Waals surface area contributed by atoms with Gasteiger partial charge in [0.1, 0.15) is 12.4 Å². The molecule has 1 aromatic heterocycles. The van der Waals surface area contributed by atoms with Gasteiger partial charge in [0.2, 0.25) is 5.91 Å². The largest absolute Gasteiger partial charge is 0.324 e. The minimum atomic E-state index is -0.551. The number of aromatic nitrogens is 1. The Morgan fingerprint density at radius 3 is 2.84 bits per heavy atom. The summed E-state index contributed by atoms with van der Waals surface area (Å²) in [6.07, 6.45) is 0. The average Bonchev–Trinajstić information content (AvgIpc) is 2.66. The number of carbonyl (C=O) groups is 1. The lowest BCUT2D eigenvalue weighted by molar-refractivity contribution is -0.116. The van der Waals surface area contributed by atoms with Crippen molar-refractivity contribution >= 4 is 34.5 Å². The van der Waals surface area contributed by atoms with E-state index in [4.69, 9.17) is 11.6 Å². The molecule has 1 amide bonds. The van der Waals surface area contributed by atoms with E-state index in [2.05, 4.69) is 5.32 Å². The van der Waals surface area contributed by atoms with Crippen LogP contribution in [0.15, 0.2) is 28.4 Å². The van der Waals surface area contributed by atoms with Gasteiger partial charge in [0.15, 0.2) is 0 Å². The molecule has 0 atom stereocenters. The van der Waals surface area contributed by atoms with Crippen LogP contribution in [0.25, 0.3) is 0 Å². The van der Waals surface area contributed by atoms with Crippen LogP contribution >= 0.6 is 22.9 Å². The van der Waals surface area contributed by atoms with Crippen molar-refractivity contribution in [2.75, 3.05) is 5.32 Å².